The van der Waals surface area contributed by atoms with Crippen molar-refractivity contribution in [1.29, 1.82) is 0 Å². The Kier molecular flexibility index (Phi) is 8.26. The van der Waals surface area contributed by atoms with Crippen molar-refractivity contribution < 1.29 is 22.7 Å². The highest BCUT2D eigenvalue weighted by Gasteiger charge is 2.31. The first-order valence-electron chi connectivity index (χ1n) is 11.3. The third-order valence-electron chi connectivity index (χ3n) is 5.77. The van der Waals surface area contributed by atoms with Gasteiger partial charge in [-0.05, 0) is 61.4 Å². The Morgan fingerprint density at radius 2 is 1.64 bits per heavy atom. The molecule has 0 saturated carbocycles. The van der Waals surface area contributed by atoms with Gasteiger partial charge in [-0.2, -0.15) is 4.31 Å². The average Bonchev–Trinajstić information content (AvgIpc) is 2.79. The molecule has 1 saturated heterocycles. The number of piperidine rings is 1. The minimum atomic E-state index is -3.62. The van der Waals surface area contributed by atoms with Crippen molar-refractivity contribution in [2.24, 2.45) is 11.8 Å². The Hall–Kier alpha value is -2.71. The number of carbonyl (C=O) groups is 2. The third kappa shape index (κ3) is 6.65. The predicted molar refractivity (Wildman–Crippen MR) is 126 cm³/mol. The molecule has 0 spiro atoms. The molecule has 178 valence electrons. The van der Waals surface area contributed by atoms with Crippen LogP contribution in [-0.4, -0.2) is 50.3 Å². The molecule has 3 atom stereocenters. The summed E-state index contributed by atoms with van der Waals surface area (Å²) < 4.78 is 32.7. The zero-order valence-corrected chi connectivity index (χ0v) is 20.2. The number of carbonyl (C=O) groups excluding carboxylic acids is 2. The highest BCUT2D eigenvalue weighted by Crippen LogP contribution is 2.26. The van der Waals surface area contributed by atoms with Crippen LogP contribution >= 0.6 is 0 Å². The van der Waals surface area contributed by atoms with Crippen LogP contribution in [0.15, 0.2) is 59.5 Å². The Morgan fingerprint density at radius 1 is 1.03 bits per heavy atom. The molecule has 0 bridgehead atoms. The van der Waals surface area contributed by atoms with Crippen LogP contribution in [-0.2, 0) is 26.0 Å². The van der Waals surface area contributed by atoms with E-state index in [0.717, 1.165) is 12.0 Å². The molecule has 1 heterocycles. The Bertz CT molecular complexity index is 1040. The number of benzene rings is 2. The molecule has 3 rings (SSSR count). The first-order valence-corrected chi connectivity index (χ1v) is 12.7. The van der Waals surface area contributed by atoms with Gasteiger partial charge in [0, 0.05) is 19.6 Å². The van der Waals surface area contributed by atoms with Gasteiger partial charge in [0.15, 0.2) is 6.10 Å². The fourth-order valence-corrected chi connectivity index (χ4v) is 5.79. The Labute approximate surface area is 196 Å². The summed E-state index contributed by atoms with van der Waals surface area (Å²) in [4.78, 5) is 24.8. The lowest BCUT2D eigenvalue weighted by atomic mass is 9.94. The van der Waals surface area contributed by atoms with Crippen LogP contribution in [0.4, 0.5) is 0 Å². The third-order valence-corrected chi connectivity index (χ3v) is 7.62. The summed E-state index contributed by atoms with van der Waals surface area (Å²) in [6.07, 6.45) is 0.722. The number of sulfonamides is 1. The molecule has 2 aromatic carbocycles. The summed E-state index contributed by atoms with van der Waals surface area (Å²) in [6, 6.07) is 15.4. The summed E-state index contributed by atoms with van der Waals surface area (Å²) >= 11 is 0. The number of rotatable bonds is 8. The van der Waals surface area contributed by atoms with E-state index in [-0.39, 0.29) is 16.4 Å². The molecule has 3 unspecified atom stereocenters. The van der Waals surface area contributed by atoms with Crippen LogP contribution in [0, 0.1) is 11.8 Å². The van der Waals surface area contributed by atoms with Gasteiger partial charge in [0.25, 0.3) is 5.91 Å². The minimum absolute atomic E-state index is 0.145. The van der Waals surface area contributed by atoms with E-state index in [1.54, 1.807) is 0 Å². The normalized spacial score (nSPS) is 20.1. The maximum atomic E-state index is 13.0. The van der Waals surface area contributed by atoms with Gasteiger partial charge in [0.2, 0.25) is 10.0 Å². The maximum absolute atomic E-state index is 13.0. The number of nitrogens with zero attached hydrogens (tertiary/aromatic N) is 1. The van der Waals surface area contributed by atoms with Crippen molar-refractivity contribution in [2.45, 2.75) is 44.6 Å². The molecule has 2 aromatic rings. The highest BCUT2D eigenvalue weighted by molar-refractivity contribution is 7.89. The molecule has 7 nitrogen and oxygen atoms in total. The van der Waals surface area contributed by atoms with Crippen molar-refractivity contribution in [1.82, 2.24) is 9.62 Å². The van der Waals surface area contributed by atoms with E-state index in [0.29, 0.717) is 37.9 Å². The molecule has 8 heteroatoms. The molecule has 33 heavy (non-hydrogen) atoms. The first kappa shape index (κ1) is 24.9. The number of nitrogens with one attached hydrogen (secondary N) is 1. The lowest BCUT2D eigenvalue weighted by Crippen LogP contribution is -2.42. The van der Waals surface area contributed by atoms with Gasteiger partial charge < -0.3 is 10.1 Å². The number of ether oxygens (including phenoxy) is 1. The zero-order valence-electron chi connectivity index (χ0n) is 19.4. The second-order valence-electron chi connectivity index (χ2n) is 8.87. The van der Waals surface area contributed by atoms with Gasteiger partial charge in [-0.3, -0.25) is 4.79 Å². The molecule has 0 aromatic heterocycles. The second kappa shape index (κ2) is 10.9. The van der Waals surface area contributed by atoms with Crippen molar-refractivity contribution in [3.8, 4) is 0 Å². The highest BCUT2D eigenvalue weighted by atomic mass is 32.2. The summed E-state index contributed by atoms with van der Waals surface area (Å²) in [5.41, 5.74) is 1.30. The summed E-state index contributed by atoms with van der Waals surface area (Å²) in [7, 11) is -3.62. The number of esters is 1. The number of amides is 1. The maximum Gasteiger partial charge on any atom is 0.338 e. The van der Waals surface area contributed by atoms with Crippen molar-refractivity contribution in [2.75, 3.05) is 19.6 Å². The van der Waals surface area contributed by atoms with Crippen LogP contribution < -0.4 is 5.32 Å². The fraction of sp³-hybridized carbons (Fsp3) is 0.440. The van der Waals surface area contributed by atoms with Gasteiger partial charge >= 0.3 is 5.97 Å². The molecule has 0 radical (unpaired) electrons. The van der Waals surface area contributed by atoms with Gasteiger partial charge in [-0.1, -0.05) is 44.2 Å². The van der Waals surface area contributed by atoms with Gasteiger partial charge in [-0.15, -0.1) is 0 Å². The summed E-state index contributed by atoms with van der Waals surface area (Å²) in [5, 5.41) is 2.76. The monoisotopic (exact) mass is 472 g/mol. The van der Waals surface area contributed by atoms with E-state index in [4.69, 9.17) is 4.74 Å². The number of hydrogen-bond acceptors (Lipinski definition) is 5. The van der Waals surface area contributed by atoms with Crippen LogP contribution in [0.2, 0.25) is 0 Å². The van der Waals surface area contributed by atoms with Gasteiger partial charge in [-0.25, -0.2) is 13.2 Å². The quantitative estimate of drug-likeness (QED) is 0.596. The lowest BCUT2D eigenvalue weighted by Gasteiger charge is -2.34. The van der Waals surface area contributed by atoms with E-state index < -0.39 is 22.1 Å². The van der Waals surface area contributed by atoms with Crippen molar-refractivity contribution in [3.05, 3.63) is 65.7 Å². The summed E-state index contributed by atoms with van der Waals surface area (Å²) in [6.45, 7) is 7.03. The fourth-order valence-electron chi connectivity index (χ4n) is 4.11. The van der Waals surface area contributed by atoms with E-state index in [1.807, 2.05) is 30.3 Å². The molecule has 1 aliphatic heterocycles. The summed E-state index contributed by atoms with van der Waals surface area (Å²) in [5.74, 6) is -0.451. The average molecular weight is 473 g/mol. The molecular weight excluding hydrogens is 440 g/mol. The van der Waals surface area contributed by atoms with E-state index in [1.165, 1.54) is 35.5 Å². The van der Waals surface area contributed by atoms with Gasteiger partial charge in [0.1, 0.15) is 0 Å². The van der Waals surface area contributed by atoms with E-state index >= 15 is 0 Å². The van der Waals surface area contributed by atoms with E-state index in [2.05, 4.69) is 19.2 Å². The predicted octanol–water partition coefficient (Wildman–Crippen LogP) is 3.26. The molecule has 0 aliphatic carbocycles. The molecule has 1 N–H and O–H groups in total. The standard InChI is InChI=1S/C25H32N2O5S/c1-18-15-19(2)17-27(16-18)33(30,31)23-11-9-22(10-12-23)25(29)32-20(3)24(28)26-14-13-21-7-5-4-6-8-21/h4-12,18-20H,13-17H2,1-3H3,(H,26,28). The molecular formula is C25H32N2O5S. The molecule has 1 amide bonds. The second-order valence-corrected chi connectivity index (χ2v) is 10.8. The Balaban J connectivity index is 1.54. The topological polar surface area (TPSA) is 92.8 Å². The van der Waals surface area contributed by atoms with Crippen LogP contribution in [0.3, 0.4) is 0 Å². The minimum Gasteiger partial charge on any atom is -0.449 e. The molecule has 1 aliphatic rings. The smallest absolute Gasteiger partial charge is 0.338 e. The van der Waals surface area contributed by atoms with E-state index in [9.17, 15) is 18.0 Å². The lowest BCUT2D eigenvalue weighted by molar-refractivity contribution is -0.129. The number of hydrogen-bond donors (Lipinski definition) is 1. The first-order chi connectivity index (χ1) is 15.7. The Morgan fingerprint density at radius 3 is 2.24 bits per heavy atom. The van der Waals surface area contributed by atoms with Crippen molar-refractivity contribution >= 4 is 21.9 Å². The molecule has 1 fully saturated rings. The zero-order chi connectivity index (χ0) is 24.0. The largest absolute Gasteiger partial charge is 0.449 e. The van der Waals surface area contributed by atoms with Gasteiger partial charge in [0.05, 0.1) is 10.5 Å². The van der Waals surface area contributed by atoms with Crippen molar-refractivity contribution in [3.63, 3.8) is 0 Å². The van der Waals surface area contributed by atoms with Crippen LogP contribution in [0.5, 0.6) is 0 Å². The van der Waals surface area contributed by atoms with Crippen LogP contribution in [0.1, 0.15) is 43.1 Å². The SMILES string of the molecule is CC1CC(C)CN(S(=O)(=O)c2ccc(C(=O)OC(C)C(=O)NCCc3ccccc3)cc2)C1. The van der Waals surface area contributed by atoms with Crippen LogP contribution in [0.25, 0.3) is 0 Å².